The van der Waals surface area contributed by atoms with Crippen molar-refractivity contribution in [2.24, 2.45) is 5.92 Å². The van der Waals surface area contributed by atoms with Gasteiger partial charge in [-0.15, -0.1) is 0 Å². The van der Waals surface area contributed by atoms with Crippen molar-refractivity contribution in [2.45, 2.75) is 32.1 Å². The highest BCUT2D eigenvalue weighted by Gasteiger charge is 2.24. The van der Waals surface area contributed by atoms with E-state index in [0.717, 1.165) is 49.2 Å². The highest BCUT2D eigenvalue weighted by atomic mass is 16.5. The Morgan fingerprint density at radius 2 is 1.86 bits per heavy atom. The molecule has 1 aliphatic rings. The first-order valence-electron chi connectivity index (χ1n) is 9.78. The maximum Gasteiger partial charge on any atom is 0.335 e. The number of piperidine rings is 1. The molecule has 0 aliphatic carbocycles. The lowest BCUT2D eigenvalue weighted by Crippen LogP contribution is -2.39. The summed E-state index contributed by atoms with van der Waals surface area (Å²) >= 11 is 0. The summed E-state index contributed by atoms with van der Waals surface area (Å²) in [5.41, 5.74) is 2.38. The van der Waals surface area contributed by atoms with Crippen LogP contribution in [0, 0.1) is 5.92 Å². The summed E-state index contributed by atoms with van der Waals surface area (Å²) in [5, 5.41) is 9.34. The Hall–Kier alpha value is -2.82. The molecular formula is C23H27NO4. The van der Waals surface area contributed by atoms with Crippen molar-refractivity contribution in [3.63, 3.8) is 0 Å². The summed E-state index contributed by atoms with van der Waals surface area (Å²) in [6.45, 7) is 1.49. The second kappa shape index (κ2) is 9.40. The Morgan fingerprint density at radius 3 is 2.57 bits per heavy atom. The number of hydrogen-bond acceptors (Lipinski definition) is 3. The van der Waals surface area contributed by atoms with Gasteiger partial charge in [-0.2, -0.15) is 0 Å². The topological polar surface area (TPSA) is 66.8 Å². The standard InChI is InChI=1S/C23H27NO4/c1-28-20-7-4-5-17(16-20)9-10-22(25)24-13-11-18(12-14-24)15-19-6-2-3-8-21(19)23(26)27/h2-8,16,18H,9-15H2,1H3,(H,26,27). The van der Waals surface area contributed by atoms with E-state index >= 15 is 0 Å². The largest absolute Gasteiger partial charge is 0.497 e. The van der Waals surface area contributed by atoms with Gasteiger partial charge in [0.05, 0.1) is 12.7 Å². The van der Waals surface area contributed by atoms with Gasteiger partial charge in [0, 0.05) is 19.5 Å². The fourth-order valence-electron chi connectivity index (χ4n) is 3.84. The van der Waals surface area contributed by atoms with E-state index in [0.29, 0.717) is 24.3 Å². The minimum Gasteiger partial charge on any atom is -0.497 e. The number of amides is 1. The summed E-state index contributed by atoms with van der Waals surface area (Å²) in [5.74, 6) is 0.545. The first-order chi connectivity index (χ1) is 13.6. The highest BCUT2D eigenvalue weighted by molar-refractivity contribution is 5.89. The van der Waals surface area contributed by atoms with Crippen LogP contribution in [0.3, 0.4) is 0 Å². The van der Waals surface area contributed by atoms with Gasteiger partial charge >= 0.3 is 5.97 Å². The normalized spacial score (nSPS) is 14.7. The lowest BCUT2D eigenvalue weighted by Gasteiger charge is -2.32. The molecule has 0 unspecified atom stereocenters. The van der Waals surface area contributed by atoms with Crippen LogP contribution in [-0.2, 0) is 17.6 Å². The number of hydrogen-bond donors (Lipinski definition) is 1. The Morgan fingerprint density at radius 1 is 1.11 bits per heavy atom. The zero-order valence-electron chi connectivity index (χ0n) is 16.3. The Balaban J connectivity index is 1.48. The van der Waals surface area contributed by atoms with Gasteiger partial charge < -0.3 is 14.7 Å². The van der Waals surface area contributed by atoms with Crippen LogP contribution in [0.15, 0.2) is 48.5 Å². The minimum absolute atomic E-state index is 0.187. The average molecular weight is 381 g/mol. The summed E-state index contributed by atoms with van der Waals surface area (Å²) in [6.07, 6.45) is 3.80. The van der Waals surface area contributed by atoms with Crippen molar-refractivity contribution in [1.82, 2.24) is 4.90 Å². The van der Waals surface area contributed by atoms with Crippen LogP contribution in [0.1, 0.15) is 40.7 Å². The van der Waals surface area contributed by atoms with Crippen molar-refractivity contribution in [2.75, 3.05) is 20.2 Å². The van der Waals surface area contributed by atoms with Crippen molar-refractivity contribution < 1.29 is 19.4 Å². The number of carboxylic acid groups (broad SMARTS) is 1. The van der Waals surface area contributed by atoms with Gasteiger partial charge in [0.2, 0.25) is 5.91 Å². The number of rotatable bonds is 7. The van der Waals surface area contributed by atoms with Crippen LogP contribution in [-0.4, -0.2) is 42.1 Å². The lowest BCUT2D eigenvalue weighted by atomic mass is 9.88. The molecule has 5 heteroatoms. The van der Waals surface area contributed by atoms with Crippen LogP contribution in [0.4, 0.5) is 0 Å². The first kappa shape index (κ1) is 19.9. The van der Waals surface area contributed by atoms with E-state index in [9.17, 15) is 14.7 Å². The Kier molecular flexibility index (Phi) is 6.69. The van der Waals surface area contributed by atoms with Crippen molar-refractivity contribution >= 4 is 11.9 Å². The van der Waals surface area contributed by atoms with Crippen molar-refractivity contribution in [1.29, 1.82) is 0 Å². The molecule has 0 saturated carbocycles. The van der Waals surface area contributed by atoms with Gasteiger partial charge in [0.25, 0.3) is 0 Å². The van der Waals surface area contributed by atoms with Gasteiger partial charge in [0.1, 0.15) is 5.75 Å². The van der Waals surface area contributed by atoms with Gasteiger partial charge in [-0.05, 0) is 60.9 Å². The predicted octanol–water partition coefficient (Wildman–Crippen LogP) is 3.81. The molecule has 5 nitrogen and oxygen atoms in total. The van der Waals surface area contributed by atoms with Crippen molar-refractivity contribution in [3.05, 3.63) is 65.2 Å². The van der Waals surface area contributed by atoms with Crippen LogP contribution in [0.5, 0.6) is 5.75 Å². The van der Waals surface area contributed by atoms with Crippen LogP contribution < -0.4 is 4.74 Å². The van der Waals surface area contributed by atoms with E-state index in [1.54, 1.807) is 19.2 Å². The number of ether oxygens (including phenoxy) is 1. The molecule has 0 atom stereocenters. The second-order valence-corrected chi connectivity index (χ2v) is 7.34. The fraction of sp³-hybridized carbons (Fsp3) is 0.391. The molecule has 1 heterocycles. The van der Waals surface area contributed by atoms with Gasteiger partial charge in [-0.3, -0.25) is 4.79 Å². The number of carbonyl (C=O) groups excluding carboxylic acids is 1. The predicted molar refractivity (Wildman–Crippen MR) is 108 cm³/mol. The van der Waals surface area contributed by atoms with Crippen molar-refractivity contribution in [3.8, 4) is 5.75 Å². The van der Waals surface area contributed by atoms with Crippen LogP contribution >= 0.6 is 0 Å². The van der Waals surface area contributed by atoms with Gasteiger partial charge in [-0.1, -0.05) is 30.3 Å². The Bertz CT molecular complexity index is 825. The molecule has 1 amide bonds. The highest BCUT2D eigenvalue weighted by Crippen LogP contribution is 2.24. The number of carbonyl (C=O) groups is 2. The number of aryl methyl sites for hydroxylation is 1. The molecule has 0 aromatic heterocycles. The summed E-state index contributed by atoms with van der Waals surface area (Å²) < 4.78 is 5.23. The van der Waals surface area contributed by atoms with E-state index in [1.807, 2.05) is 41.3 Å². The van der Waals surface area contributed by atoms with E-state index in [-0.39, 0.29) is 5.91 Å². The third kappa shape index (κ3) is 5.12. The van der Waals surface area contributed by atoms with E-state index in [2.05, 4.69) is 0 Å². The minimum atomic E-state index is -0.874. The second-order valence-electron chi connectivity index (χ2n) is 7.34. The van der Waals surface area contributed by atoms with E-state index in [1.165, 1.54) is 0 Å². The maximum absolute atomic E-state index is 12.6. The number of benzene rings is 2. The van der Waals surface area contributed by atoms with E-state index < -0.39 is 5.97 Å². The molecule has 2 aromatic carbocycles. The van der Waals surface area contributed by atoms with Crippen LogP contribution in [0.2, 0.25) is 0 Å². The lowest BCUT2D eigenvalue weighted by molar-refractivity contribution is -0.132. The van der Waals surface area contributed by atoms with Gasteiger partial charge in [0.15, 0.2) is 0 Å². The zero-order valence-corrected chi connectivity index (χ0v) is 16.3. The average Bonchev–Trinajstić information content (AvgIpc) is 2.73. The Labute approximate surface area is 165 Å². The molecule has 1 N–H and O–H groups in total. The summed E-state index contributed by atoms with van der Waals surface area (Å²) in [4.78, 5) is 25.9. The maximum atomic E-state index is 12.6. The molecule has 2 aromatic rings. The quantitative estimate of drug-likeness (QED) is 0.792. The molecule has 0 radical (unpaired) electrons. The molecular weight excluding hydrogens is 354 g/mol. The molecule has 148 valence electrons. The molecule has 3 rings (SSSR count). The van der Waals surface area contributed by atoms with E-state index in [4.69, 9.17) is 4.74 Å². The number of nitrogens with zero attached hydrogens (tertiary/aromatic N) is 1. The first-order valence-corrected chi connectivity index (χ1v) is 9.78. The SMILES string of the molecule is COc1cccc(CCC(=O)N2CCC(Cc3ccccc3C(=O)O)CC2)c1. The summed E-state index contributed by atoms with van der Waals surface area (Å²) in [7, 11) is 1.64. The number of aromatic carboxylic acids is 1. The molecule has 28 heavy (non-hydrogen) atoms. The molecule has 1 fully saturated rings. The molecule has 1 aliphatic heterocycles. The van der Waals surface area contributed by atoms with Gasteiger partial charge in [-0.25, -0.2) is 4.79 Å². The molecule has 0 spiro atoms. The monoisotopic (exact) mass is 381 g/mol. The number of carboxylic acids is 1. The number of likely N-dealkylation sites (tertiary alicyclic amines) is 1. The smallest absolute Gasteiger partial charge is 0.335 e. The fourth-order valence-corrected chi connectivity index (χ4v) is 3.84. The number of methoxy groups -OCH3 is 1. The third-order valence-corrected chi connectivity index (χ3v) is 5.49. The third-order valence-electron chi connectivity index (χ3n) is 5.49. The summed E-state index contributed by atoms with van der Waals surface area (Å²) in [6, 6.07) is 15.0. The molecule has 1 saturated heterocycles. The zero-order chi connectivity index (χ0) is 19.9. The van der Waals surface area contributed by atoms with Crippen LogP contribution in [0.25, 0.3) is 0 Å². The molecule has 0 bridgehead atoms.